The molecule has 2 heterocycles. The van der Waals surface area contributed by atoms with Crippen LogP contribution in [0.15, 0.2) is 16.9 Å². The third-order valence-electron chi connectivity index (χ3n) is 2.33. The van der Waals surface area contributed by atoms with Gasteiger partial charge in [-0.3, -0.25) is 9.89 Å². The summed E-state index contributed by atoms with van der Waals surface area (Å²) in [7, 11) is 0. The normalized spacial score (nSPS) is 10.4. The van der Waals surface area contributed by atoms with Crippen molar-refractivity contribution in [2.45, 2.75) is 19.8 Å². The highest BCUT2D eigenvalue weighted by Crippen LogP contribution is 2.09. The van der Waals surface area contributed by atoms with Crippen LogP contribution in [0, 0.1) is 6.92 Å². The minimum absolute atomic E-state index is 0.0751. The molecule has 0 radical (unpaired) electrons. The highest BCUT2D eigenvalue weighted by atomic mass is 16.5. The second-order valence-corrected chi connectivity index (χ2v) is 3.95. The Morgan fingerprint density at radius 1 is 1.58 bits per heavy atom. The molecule has 102 valence electrons. The highest BCUT2D eigenvalue weighted by molar-refractivity contribution is 5.77. The molecule has 0 fully saturated rings. The first kappa shape index (κ1) is 13.1. The van der Waals surface area contributed by atoms with E-state index in [4.69, 9.17) is 9.26 Å². The van der Waals surface area contributed by atoms with Crippen molar-refractivity contribution in [3.8, 4) is 5.88 Å². The number of ether oxygens (including phenoxy) is 1. The van der Waals surface area contributed by atoms with Crippen molar-refractivity contribution in [1.82, 2.24) is 25.7 Å². The van der Waals surface area contributed by atoms with Crippen LogP contribution in [-0.2, 0) is 11.2 Å². The number of nitrogens with one attached hydrogen (secondary N) is 2. The Labute approximate surface area is 109 Å². The lowest BCUT2D eigenvalue weighted by molar-refractivity contribution is -0.123. The van der Waals surface area contributed by atoms with Gasteiger partial charge in [-0.05, 0) is 18.5 Å². The molecule has 2 N–H and O–H groups in total. The molecule has 19 heavy (non-hydrogen) atoms. The second-order valence-electron chi connectivity index (χ2n) is 3.95. The quantitative estimate of drug-likeness (QED) is 0.694. The Kier molecular flexibility index (Phi) is 4.49. The number of carbonyl (C=O) groups excluding carboxylic acids is 1. The van der Waals surface area contributed by atoms with E-state index in [-0.39, 0.29) is 12.5 Å². The predicted molar refractivity (Wildman–Crippen MR) is 64.4 cm³/mol. The second kappa shape index (κ2) is 6.53. The topological polar surface area (TPSA) is 106 Å². The maximum absolute atomic E-state index is 11.5. The molecule has 0 aromatic carbocycles. The van der Waals surface area contributed by atoms with Gasteiger partial charge in [0.05, 0.1) is 0 Å². The molecule has 2 rings (SSSR count). The summed E-state index contributed by atoms with van der Waals surface area (Å²) in [5, 5.41) is 12.9. The standard InChI is InChI=1S/C11H15N5O3/c1-8-5-11(16-19-8)18-6-10(17)12-4-2-3-9-13-7-14-15-9/h5,7H,2-4,6H2,1H3,(H,12,17)(H,13,14,15). The van der Waals surface area contributed by atoms with Crippen molar-refractivity contribution < 1.29 is 14.1 Å². The van der Waals surface area contributed by atoms with Gasteiger partial charge in [0.2, 0.25) is 0 Å². The lowest BCUT2D eigenvalue weighted by Gasteiger charge is -2.04. The lowest BCUT2D eigenvalue weighted by atomic mass is 10.3. The lowest BCUT2D eigenvalue weighted by Crippen LogP contribution is -2.30. The summed E-state index contributed by atoms with van der Waals surface area (Å²) in [6.07, 6.45) is 2.98. The smallest absolute Gasteiger partial charge is 0.258 e. The van der Waals surface area contributed by atoms with E-state index in [1.165, 1.54) is 6.33 Å². The molecule has 0 atom stereocenters. The number of carbonyl (C=O) groups is 1. The molecule has 0 aliphatic heterocycles. The zero-order valence-electron chi connectivity index (χ0n) is 10.5. The molecule has 0 spiro atoms. The summed E-state index contributed by atoms with van der Waals surface area (Å²) in [6.45, 7) is 2.23. The van der Waals surface area contributed by atoms with E-state index in [9.17, 15) is 4.79 Å². The van der Waals surface area contributed by atoms with Gasteiger partial charge < -0.3 is 14.6 Å². The number of aromatic nitrogens is 4. The molecule has 0 saturated heterocycles. The first-order valence-electron chi connectivity index (χ1n) is 5.91. The van der Waals surface area contributed by atoms with Crippen LogP contribution in [0.5, 0.6) is 5.88 Å². The fourth-order valence-electron chi connectivity index (χ4n) is 1.44. The molecule has 8 heteroatoms. The van der Waals surface area contributed by atoms with Crippen molar-refractivity contribution in [3.63, 3.8) is 0 Å². The van der Waals surface area contributed by atoms with Gasteiger partial charge >= 0.3 is 0 Å². The van der Waals surface area contributed by atoms with Crippen LogP contribution in [0.1, 0.15) is 18.0 Å². The first-order chi connectivity index (χ1) is 9.24. The van der Waals surface area contributed by atoms with E-state index in [1.807, 2.05) is 0 Å². The van der Waals surface area contributed by atoms with Crippen molar-refractivity contribution in [2.24, 2.45) is 0 Å². The summed E-state index contributed by atoms with van der Waals surface area (Å²) in [5.41, 5.74) is 0. The van der Waals surface area contributed by atoms with Crippen molar-refractivity contribution in [3.05, 3.63) is 24.0 Å². The molecule has 0 unspecified atom stereocenters. The van der Waals surface area contributed by atoms with Crippen LogP contribution >= 0.6 is 0 Å². The van der Waals surface area contributed by atoms with Crippen molar-refractivity contribution in [1.29, 1.82) is 0 Å². The minimum Gasteiger partial charge on any atom is -0.465 e. The number of hydrogen-bond donors (Lipinski definition) is 2. The van der Waals surface area contributed by atoms with Crippen LogP contribution in [0.3, 0.4) is 0 Å². The monoisotopic (exact) mass is 265 g/mol. The van der Waals surface area contributed by atoms with Crippen LogP contribution in [0.4, 0.5) is 0 Å². The summed E-state index contributed by atoms with van der Waals surface area (Å²) < 4.78 is 9.96. The number of aryl methyl sites for hydroxylation is 2. The number of H-pyrrole nitrogens is 1. The van der Waals surface area contributed by atoms with E-state index in [0.717, 1.165) is 18.7 Å². The number of nitrogens with zero attached hydrogens (tertiary/aromatic N) is 3. The Bertz CT molecular complexity index is 508. The zero-order chi connectivity index (χ0) is 13.5. The van der Waals surface area contributed by atoms with Gasteiger partial charge in [-0.15, -0.1) is 0 Å². The Balaban J connectivity index is 1.57. The van der Waals surface area contributed by atoms with Gasteiger partial charge in [-0.1, -0.05) is 0 Å². The van der Waals surface area contributed by atoms with E-state index in [2.05, 4.69) is 25.7 Å². The summed E-state index contributed by atoms with van der Waals surface area (Å²) in [6, 6.07) is 1.62. The molecule has 8 nitrogen and oxygen atoms in total. The van der Waals surface area contributed by atoms with E-state index in [0.29, 0.717) is 18.2 Å². The molecule has 1 amide bonds. The third-order valence-corrected chi connectivity index (χ3v) is 2.33. The molecular weight excluding hydrogens is 250 g/mol. The average Bonchev–Trinajstić information content (AvgIpc) is 3.03. The Hall–Kier alpha value is -2.38. The minimum atomic E-state index is -0.196. The molecular formula is C11H15N5O3. The maximum atomic E-state index is 11.5. The Morgan fingerprint density at radius 3 is 3.16 bits per heavy atom. The van der Waals surface area contributed by atoms with Gasteiger partial charge in [-0.2, -0.15) is 5.10 Å². The molecule has 0 bridgehead atoms. The van der Waals surface area contributed by atoms with Crippen molar-refractivity contribution >= 4 is 5.91 Å². The van der Waals surface area contributed by atoms with Crippen LogP contribution in [-0.4, -0.2) is 39.4 Å². The molecule has 2 aromatic rings. The average molecular weight is 265 g/mol. The Morgan fingerprint density at radius 2 is 2.47 bits per heavy atom. The summed E-state index contributed by atoms with van der Waals surface area (Å²) >= 11 is 0. The number of rotatable bonds is 7. The van der Waals surface area contributed by atoms with E-state index in [1.54, 1.807) is 13.0 Å². The summed E-state index contributed by atoms with van der Waals surface area (Å²) in [4.78, 5) is 15.4. The fraction of sp³-hybridized carbons (Fsp3) is 0.455. The number of amides is 1. The van der Waals surface area contributed by atoms with Gasteiger partial charge in [0.1, 0.15) is 17.9 Å². The number of hydrogen-bond acceptors (Lipinski definition) is 6. The highest BCUT2D eigenvalue weighted by Gasteiger charge is 2.05. The van der Waals surface area contributed by atoms with Gasteiger partial charge in [0, 0.05) is 19.0 Å². The van der Waals surface area contributed by atoms with Crippen molar-refractivity contribution in [2.75, 3.05) is 13.2 Å². The first-order valence-corrected chi connectivity index (χ1v) is 5.91. The third kappa shape index (κ3) is 4.41. The fourth-order valence-corrected chi connectivity index (χ4v) is 1.44. The molecule has 0 saturated carbocycles. The molecule has 0 aliphatic rings. The van der Waals surface area contributed by atoms with Gasteiger partial charge in [0.25, 0.3) is 11.8 Å². The predicted octanol–water partition coefficient (Wildman–Crippen LogP) is 0.229. The summed E-state index contributed by atoms with van der Waals surface area (Å²) in [5.74, 6) is 1.57. The van der Waals surface area contributed by atoms with Crippen LogP contribution < -0.4 is 10.1 Å². The largest absolute Gasteiger partial charge is 0.465 e. The van der Waals surface area contributed by atoms with Crippen LogP contribution in [0.2, 0.25) is 0 Å². The van der Waals surface area contributed by atoms with E-state index >= 15 is 0 Å². The van der Waals surface area contributed by atoms with Gasteiger partial charge in [0.15, 0.2) is 6.61 Å². The molecule has 0 aliphatic carbocycles. The number of aromatic amines is 1. The zero-order valence-corrected chi connectivity index (χ0v) is 10.5. The SMILES string of the molecule is Cc1cc(OCC(=O)NCCCc2ncn[nH]2)no1. The van der Waals surface area contributed by atoms with E-state index < -0.39 is 0 Å². The maximum Gasteiger partial charge on any atom is 0.258 e. The molecule has 2 aromatic heterocycles. The van der Waals surface area contributed by atoms with Crippen LogP contribution in [0.25, 0.3) is 0 Å². The van der Waals surface area contributed by atoms with Gasteiger partial charge in [-0.25, -0.2) is 4.98 Å².